The van der Waals surface area contributed by atoms with Crippen molar-refractivity contribution in [3.63, 3.8) is 0 Å². The van der Waals surface area contributed by atoms with Crippen molar-refractivity contribution >= 4 is 11.7 Å². The molecule has 1 aromatic rings. The van der Waals surface area contributed by atoms with Crippen LogP contribution in [0.1, 0.15) is 31.9 Å². The first kappa shape index (κ1) is 16.3. The fraction of sp³-hybridized carbons (Fsp3) is 0.500. The quantitative estimate of drug-likeness (QED) is 0.837. The molecule has 20 heavy (non-hydrogen) atoms. The standard InChI is InChI=1S/C14H18F3NO2/c1-4-18-11-6-5-10(8-20-13(19)9(2)3)12(7-11)14(15,16)17/h5-7,9,18H,4,8H2,1-3H3. The van der Waals surface area contributed by atoms with Crippen molar-refractivity contribution in [2.45, 2.75) is 33.6 Å². The summed E-state index contributed by atoms with van der Waals surface area (Å²) in [6, 6.07) is 3.90. The monoisotopic (exact) mass is 289 g/mol. The number of carbonyl (C=O) groups excluding carboxylic acids is 1. The first-order valence-electron chi connectivity index (χ1n) is 6.36. The summed E-state index contributed by atoms with van der Waals surface area (Å²) in [4.78, 5) is 11.3. The van der Waals surface area contributed by atoms with Crippen LogP contribution in [-0.4, -0.2) is 12.5 Å². The lowest BCUT2D eigenvalue weighted by Gasteiger charge is -2.15. The van der Waals surface area contributed by atoms with E-state index in [0.29, 0.717) is 12.2 Å². The summed E-state index contributed by atoms with van der Waals surface area (Å²) in [5, 5.41) is 2.82. The molecule has 0 saturated carbocycles. The van der Waals surface area contributed by atoms with Gasteiger partial charge in [0.25, 0.3) is 0 Å². The molecule has 0 unspecified atom stereocenters. The van der Waals surface area contributed by atoms with Crippen LogP contribution in [0.2, 0.25) is 0 Å². The molecule has 1 rings (SSSR count). The van der Waals surface area contributed by atoms with E-state index in [2.05, 4.69) is 5.32 Å². The predicted octanol–water partition coefficient (Wildman–Crippen LogP) is 3.84. The first-order valence-corrected chi connectivity index (χ1v) is 6.36. The van der Waals surface area contributed by atoms with Crippen LogP contribution in [0.5, 0.6) is 0 Å². The van der Waals surface area contributed by atoms with Gasteiger partial charge in [0.15, 0.2) is 0 Å². The van der Waals surface area contributed by atoms with Crippen molar-refractivity contribution in [3.05, 3.63) is 29.3 Å². The number of nitrogens with one attached hydrogen (secondary N) is 1. The summed E-state index contributed by atoms with van der Waals surface area (Å²) < 4.78 is 43.8. The van der Waals surface area contributed by atoms with Crippen molar-refractivity contribution in [2.75, 3.05) is 11.9 Å². The third-order valence-corrected chi connectivity index (χ3v) is 2.64. The van der Waals surface area contributed by atoms with Gasteiger partial charge in [-0.25, -0.2) is 0 Å². The summed E-state index contributed by atoms with van der Waals surface area (Å²) >= 11 is 0. The maximum atomic E-state index is 13.0. The number of rotatable bonds is 5. The highest BCUT2D eigenvalue weighted by Crippen LogP contribution is 2.34. The second-order valence-corrected chi connectivity index (χ2v) is 4.66. The molecule has 0 bridgehead atoms. The van der Waals surface area contributed by atoms with Crippen LogP contribution in [0.3, 0.4) is 0 Å². The van der Waals surface area contributed by atoms with E-state index >= 15 is 0 Å². The maximum absolute atomic E-state index is 13.0. The Morgan fingerprint density at radius 2 is 2.00 bits per heavy atom. The van der Waals surface area contributed by atoms with E-state index in [1.807, 2.05) is 0 Å². The van der Waals surface area contributed by atoms with Gasteiger partial charge in [-0.05, 0) is 19.1 Å². The Balaban J connectivity index is 2.97. The Bertz CT molecular complexity index is 470. The van der Waals surface area contributed by atoms with E-state index in [1.54, 1.807) is 20.8 Å². The average molecular weight is 289 g/mol. The Hall–Kier alpha value is -1.72. The zero-order chi connectivity index (χ0) is 15.3. The van der Waals surface area contributed by atoms with E-state index in [4.69, 9.17) is 4.74 Å². The minimum absolute atomic E-state index is 0.0480. The summed E-state index contributed by atoms with van der Waals surface area (Å²) in [5.41, 5.74) is -0.445. The normalized spacial score (nSPS) is 11.6. The summed E-state index contributed by atoms with van der Waals surface area (Å²) in [6.45, 7) is 5.20. The maximum Gasteiger partial charge on any atom is 0.416 e. The Kier molecular flexibility index (Phi) is 5.42. The Morgan fingerprint density at radius 1 is 1.35 bits per heavy atom. The molecule has 0 heterocycles. The van der Waals surface area contributed by atoms with Gasteiger partial charge < -0.3 is 10.1 Å². The molecule has 0 spiro atoms. The third-order valence-electron chi connectivity index (χ3n) is 2.64. The van der Waals surface area contributed by atoms with Gasteiger partial charge in [-0.3, -0.25) is 4.79 Å². The van der Waals surface area contributed by atoms with Gasteiger partial charge >= 0.3 is 12.1 Å². The second-order valence-electron chi connectivity index (χ2n) is 4.66. The summed E-state index contributed by atoms with van der Waals surface area (Å²) in [7, 11) is 0. The van der Waals surface area contributed by atoms with Gasteiger partial charge in [0.1, 0.15) is 6.61 Å². The van der Waals surface area contributed by atoms with Gasteiger partial charge in [-0.2, -0.15) is 13.2 Å². The molecule has 0 amide bonds. The predicted molar refractivity (Wildman–Crippen MR) is 70.2 cm³/mol. The molecule has 112 valence electrons. The summed E-state index contributed by atoms with van der Waals surface area (Å²) in [5.74, 6) is -0.890. The number of ether oxygens (including phenoxy) is 1. The Morgan fingerprint density at radius 3 is 2.50 bits per heavy atom. The third kappa shape index (κ3) is 4.43. The van der Waals surface area contributed by atoms with Gasteiger partial charge in [-0.15, -0.1) is 0 Å². The van der Waals surface area contributed by atoms with E-state index in [0.717, 1.165) is 6.07 Å². The zero-order valence-corrected chi connectivity index (χ0v) is 11.7. The molecule has 0 fully saturated rings. The molecule has 6 heteroatoms. The average Bonchev–Trinajstić information content (AvgIpc) is 2.35. The highest BCUT2D eigenvalue weighted by atomic mass is 19.4. The number of halogens is 3. The van der Waals surface area contributed by atoms with Crippen LogP contribution in [0.25, 0.3) is 0 Å². The van der Waals surface area contributed by atoms with Crippen molar-refractivity contribution in [1.29, 1.82) is 0 Å². The van der Waals surface area contributed by atoms with Gasteiger partial charge in [0.05, 0.1) is 11.5 Å². The number of benzene rings is 1. The molecule has 0 aliphatic carbocycles. The Labute approximate surface area is 116 Å². The lowest BCUT2D eigenvalue weighted by molar-refractivity contribution is -0.150. The lowest BCUT2D eigenvalue weighted by Crippen LogP contribution is -2.15. The van der Waals surface area contributed by atoms with E-state index in [-0.39, 0.29) is 18.1 Å². The minimum Gasteiger partial charge on any atom is -0.461 e. The van der Waals surface area contributed by atoms with E-state index in [1.165, 1.54) is 12.1 Å². The van der Waals surface area contributed by atoms with Crippen LogP contribution < -0.4 is 5.32 Å². The number of hydrogen-bond donors (Lipinski definition) is 1. The number of anilines is 1. The second kappa shape index (κ2) is 6.63. The van der Waals surface area contributed by atoms with Crippen molar-refractivity contribution < 1.29 is 22.7 Å². The van der Waals surface area contributed by atoms with E-state index in [9.17, 15) is 18.0 Å². The van der Waals surface area contributed by atoms with Gasteiger partial charge in [0, 0.05) is 17.8 Å². The molecule has 0 aliphatic rings. The number of esters is 1. The molecule has 1 aromatic carbocycles. The largest absolute Gasteiger partial charge is 0.461 e. The molecule has 0 aromatic heterocycles. The fourth-order valence-electron chi connectivity index (χ4n) is 1.60. The fourth-order valence-corrected chi connectivity index (χ4v) is 1.60. The van der Waals surface area contributed by atoms with Crippen LogP contribution in [0, 0.1) is 5.92 Å². The molecule has 0 saturated heterocycles. The molecule has 0 atom stereocenters. The van der Waals surface area contributed by atoms with Crippen molar-refractivity contribution in [2.24, 2.45) is 5.92 Å². The SMILES string of the molecule is CCNc1ccc(COC(=O)C(C)C)c(C(F)(F)F)c1. The minimum atomic E-state index is -4.48. The molecule has 1 N–H and O–H groups in total. The number of carbonyl (C=O) groups is 1. The smallest absolute Gasteiger partial charge is 0.416 e. The molecule has 0 aliphatic heterocycles. The zero-order valence-electron chi connectivity index (χ0n) is 11.7. The molecule has 0 radical (unpaired) electrons. The molecular formula is C14H18F3NO2. The van der Waals surface area contributed by atoms with Crippen molar-refractivity contribution in [3.8, 4) is 0 Å². The topological polar surface area (TPSA) is 38.3 Å². The number of alkyl halides is 3. The van der Waals surface area contributed by atoms with Crippen LogP contribution in [0.15, 0.2) is 18.2 Å². The highest BCUT2D eigenvalue weighted by molar-refractivity contribution is 5.71. The summed E-state index contributed by atoms with van der Waals surface area (Å²) in [6.07, 6.45) is -4.48. The molecule has 3 nitrogen and oxygen atoms in total. The van der Waals surface area contributed by atoms with Crippen molar-refractivity contribution in [1.82, 2.24) is 0 Å². The van der Waals surface area contributed by atoms with Crippen LogP contribution in [-0.2, 0) is 22.3 Å². The van der Waals surface area contributed by atoms with Gasteiger partial charge in [-0.1, -0.05) is 19.9 Å². The lowest BCUT2D eigenvalue weighted by atomic mass is 10.1. The van der Waals surface area contributed by atoms with E-state index < -0.39 is 17.7 Å². The van der Waals surface area contributed by atoms with Crippen LogP contribution >= 0.6 is 0 Å². The number of hydrogen-bond acceptors (Lipinski definition) is 3. The molecular weight excluding hydrogens is 271 g/mol. The first-order chi connectivity index (χ1) is 9.25. The van der Waals surface area contributed by atoms with Gasteiger partial charge in [0.2, 0.25) is 0 Å². The highest BCUT2D eigenvalue weighted by Gasteiger charge is 2.33. The van der Waals surface area contributed by atoms with Crippen LogP contribution in [0.4, 0.5) is 18.9 Å².